The van der Waals surface area contributed by atoms with Crippen LogP contribution >= 0.6 is 0 Å². The Morgan fingerprint density at radius 2 is 2.18 bits per heavy atom. The summed E-state index contributed by atoms with van der Waals surface area (Å²) in [7, 11) is 0. The van der Waals surface area contributed by atoms with E-state index in [9.17, 15) is 9.59 Å². The first-order chi connectivity index (χ1) is 7.80. The van der Waals surface area contributed by atoms with E-state index in [1.165, 1.54) is 0 Å². The lowest BCUT2D eigenvalue weighted by Crippen LogP contribution is -2.35. The molecule has 2 fully saturated rings. The number of carbonyl (C=O) groups is 2. The summed E-state index contributed by atoms with van der Waals surface area (Å²) in [5.74, 6) is 0.365. The quantitative estimate of drug-likeness (QED) is 0.745. The summed E-state index contributed by atoms with van der Waals surface area (Å²) in [6, 6.07) is 0. The molecule has 4 heteroatoms. The molecule has 0 aromatic carbocycles. The average Bonchev–Trinajstić information content (AvgIpc) is 2.72. The summed E-state index contributed by atoms with van der Waals surface area (Å²) >= 11 is 0. The molecule has 0 aliphatic carbocycles. The van der Waals surface area contributed by atoms with Gasteiger partial charge in [0.2, 0.25) is 11.8 Å². The summed E-state index contributed by atoms with van der Waals surface area (Å²) in [6.45, 7) is 8.54. The molecule has 2 saturated heterocycles. The minimum absolute atomic E-state index is 0.0324. The molecular weight excluding hydrogens is 216 g/mol. The van der Waals surface area contributed by atoms with Crippen LogP contribution in [0.4, 0.5) is 0 Å². The summed E-state index contributed by atoms with van der Waals surface area (Å²) in [5.41, 5.74) is 0.0706. The van der Waals surface area contributed by atoms with E-state index in [2.05, 4.69) is 26.1 Å². The van der Waals surface area contributed by atoms with Crippen LogP contribution in [0.1, 0.15) is 40.0 Å². The van der Waals surface area contributed by atoms with Gasteiger partial charge >= 0.3 is 0 Å². The van der Waals surface area contributed by atoms with E-state index in [-0.39, 0.29) is 22.6 Å². The molecule has 96 valence electrons. The second-order valence-corrected chi connectivity index (χ2v) is 6.76. The number of amides is 2. The lowest BCUT2D eigenvalue weighted by molar-refractivity contribution is -0.132. The monoisotopic (exact) mass is 238 g/mol. The molecule has 2 aliphatic rings. The Balaban J connectivity index is 1.94. The first-order valence-electron chi connectivity index (χ1n) is 6.34. The third-order valence-electron chi connectivity index (χ3n) is 3.67. The molecule has 0 aromatic heterocycles. The van der Waals surface area contributed by atoms with Gasteiger partial charge in [0.05, 0.1) is 0 Å². The molecule has 0 bridgehead atoms. The zero-order valence-corrected chi connectivity index (χ0v) is 11.0. The van der Waals surface area contributed by atoms with E-state index in [1.54, 1.807) is 0 Å². The lowest BCUT2D eigenvalue weighted by Gasteiger charge is -2.25. The Labute approximate surface area is 103 Å². The predicted octanol–water partition coefficient (Wildman–Crippen LogP) is 1.16. The highest BCUT2D eigenvalue weighted by Gasteiger charge is 2.45. The molecule has 0 radical (unpaired) electrons. The normalized spacial score (nSPS) is 28.9. The number of nitrogens with one attached hydrogen (secondary N) is 1. The standard InChI is InChI=1S/C13H22N2O2/c1-12(2,3)7-11(17)15-5-4-13(9-15)6-10(16)14-8-13/h4-9H2,1-3H3,(H,14,16). The van der Waals surface area contributed by atoms with E-state index in [0.717, 1.165) is 26.1 Å². The number of rotatable bonds is 1. The van der Waals surface area contributed by atoms with Gasteiger partial charge in [0.25, 0.3) is 0 Å². The van der Waals surface area contributed by atoms with Crippen LogP contribution in [0.2, 0.25) is 0 Å². The Hall–Kier alpha value is -1.06. The molecule has 1 spiro atoms. The fourth-order valence-corrected chi connectivity index (χ4v) is 2.75. The smallest absolute Gasteiger partial charge is 0.223 e. The maximum absolute atomic E-state index is 12.1. The van der Waals surface area contributed by atoms with Crippen molar-refractivity contribution in [3.8, 4) is 0 Å². The predicted molar refractivity (Wildman–Crippen MR) is 65.3 cm³/mol. The van der Waals surface area contributed by atoms with Crippen LogP contribution in [0.15, 0.2) is 0 Å². The number of carbonyl (C=O) groups excluding carboxylic acids is 2. The van der Waals surface area contributed by atoms with Crippen LogP contribution in [0.5, 0.6) is 0 Å². The third kappa shape index (κ3) is 2.79. The van der Waals surface area contributed by atoms with Gasteiger partial charge in [0.1, 0.15) is 0 Å². The van der Waals surface area contributed by atoms with Gasteiger partial charge in [-0.3, -0.25) is 9.59 Å². The zero-order valence-electron chi connectivity index (χ0n) is 11.0. The molecule has 2 heterocycles. The summed E-state index contributed by atoms with van der Waals surface area (Å²) < 4.78 is 0. The van der Waals surface area contributed by atoms with E-state index in [4.69, 9.17) is 0 Å². The van der Waals surface area contributed by atoms with Crippen molar-refractivity contribution in [2.24, 2.45) is 10.8 Å². The minimum Gasteiger partial charge on any atom is -0.355 e. The first-order valence-corrected chi connectivity index (χ1v) is 6.34. The minimum atomic E-state index is 0.0324. The van der Waals surface area contributed by atoms with Gasteiger partial charge in [-0.2, -0.15) is 0 Å². The van der Waals surface area contributed by atoms with Crippen LogP contribution in [-0.4, -0.2) is 36.3 Å². The van der Waals surface area contributed by atoms with E-state index in [0.29, 0.717) is 12.8 Å². The number of hydrogen-bond donors (Lipinski definition) is 1. The van der Waals surface area contributed by atoms with Crippen LogP contribution in [-0.2, 0) is 9.59 Å². The molecule has 1 atom stereocenters. The average molecular weight is 238 g/mol. The van der Waals surface area contributed by atoms with E-state index < -0.39 is 0 Å². The lowest BCUT2D eigenvalue weighted by atomic mass is 9.86. The summed E-state index contributed by atoms with van der Waals surface area (Å²) in [4.78, 5) is 25.3. The Morgan fingerprint density at radius 3 is 2.71 bits per heavy atom. The Morgan fingerprint density at radius 1 is 1.47 bits per heavy atom. The van der Waals surface area contributed by atoms with Crippen LogP contribution in [0.25, 0.3) is 0 Å². The van der Waals surface area contributed by atoms with Crippen molar-refractivity contribution < 1.29 is 9.59 Å². The van der Waals surface area contributed by atoms with Crippen LogP contribution in [0.3, 0.4) is 0 Å². The van der Waals surface area contributed by atoms with Crippen molar-refractivity contribution >= 4 is 11.8 Å². The van der Waals surface area contributed by atoms with Crippen molar-refractivity contribution in [2.45, 2.75) is 40.0 Å². The van der Waals surface area contributed by atoms with Crippen molar-refractivity contribution in [2.75, 3.05) is 19.6 Å². The summed E-state index contributed by atoms with van der Waals surface area (Å²) in [5, 5.41) is 2.88. The molecular formula is C13H22N2O2. The second-order valence-electron chi connectivity index (χ2n) is 6.76. The highest BCUT2D eigenvalue weighted by Crippen LogP contribution is 2.37. The van der Waals surface area contributed by atoms with Crippen LogP contribution in [0, 0.1) is 10.8 Å². The van der Waals surface area contributed by atoms with Gasteiger partial charge in [0.15, 0.2) is 0 Å². The summed E-state index contributed by atoms with van der Waals surface area (Å²) in [6.07, 6.45) is 2.14. The highest BCUT2D eigenvalue weighted by molar-refractivity contribution is 5.80. The molecule has 4 nitrogen and oxygen atoms in total. The van der Waals surface area contributed by atoms with Crippen molar-refractivity contribution in [3.63, 3.8) is 0 Å². The number of nitrogens with zero attached hydrogens (tertiary/aromatic N) is 1. The highest BCUT2D eigenvalue weighted by atomic mass is 16.2. The van der Waals surface area contributed by atoms with Gasteiger partial charge in [0, 0.05) is 37.9 Å². The van der Waals surface area contributed by atoms with Crippen molar-refractivity contribution in [1.29, 1.82) is 0 Å². The molecule has 1 N–H and O–H groups in total. The van der Waals surface area contributed by atoms with Gasteiger partial charge in [-0.1, -0.05) is 20.8 Å². The maximum atomic E-state index is 12.1. The third-order valence-corrected chi connectivity index (χ3v) is 3.67. The molecule has 0 saturated carbocycles. The first kappa shape index (κ1) is 12.4. The van der Waals surface area contributed by atoms with Crippen molar-refractivity contribution in [3.05, 3.63) is 0 Å². The molecule has 0 aromatic rings. The van der Waals surface area contributed by atoms with Gasteiger partial charge in [-0.05, 0) is 11.8 Å². The fourth-order valence-electron chi connectivity index (χ4n) is 2.75. The number of likely N-dealkylation sites (tertiary alicyclic amines) is 1. The second kappa shape index (κ2) is 4.00. The molecule has 1 unspecified atom stereocenters. The van der Waals surface area contributed by atoms with Crippen LogP contribution < -0.4 is 5.32 Å². The molecule has 2 rings (SSSR count). The van der Waals surface area contributed by atoms with Crippen molar-refractivity contribution in [1.82, 2.24) is 10.2 Å². The molecule has 2 aliphatic heterocycles. The Bertz CT molecular complexity index is 346. The van der Waals surface area contributed by atoms with Gasteiger partial charge in [-0.25, -0.2) is 0 Å². The SMILES string of the molecule is CC(C)(C)CC(=O)N1CCC2(CNC(=O)C2)C1. The largest absolute Gasteiger partial charge is 0.355 e. The van der Waals surface area contributed by atoms with E-state index >= 15 is 0 Å². The number of hydrogen-bond acceptors (Lipinski definition) is 2. The van der Waals surface area contributed by atoms with Gasteiger partial charge in [-0.15, -0.1) is 0 Å². The Kier molecular flexibility index (Phi) is 2.92. The molecule has 17 heavy (non-hydrogen) atoms. The topological polar surface area (TPSA) is 49.4 Å². The maximum Gasteiger partial charge on any atom is 0.223 e. The van der Waals surface area contributed by atoms with Gasteiger partial charge < -0.3 is 10.2 Å². The zero-order chi connectivity index (χ0) is 12.7. The fraction of sp³-hybridized carbons (Fsp3) is 0.846. The molecule has 2 amide bonds. The van der Waals surface area contributed by atoms with E-state index in [1.807, 2.05) is 4.90 Å².